The van der Waals surface area contributed by atoms with E-state index in [1.807, 2.05) is 0 Å². The summed E-state index contributed by atoms with van der Waals surface area (Å²) in [6.45, 7) is 7.50. The summed E-state index contributed by atoms with van der Waals surface area (Å²) in [5.41, 5.74) is 6.01. The normalized spacial score (nSPS) is 10.9. The second kappa shape index (κ2) is 16.5. The van der Waals surface area contributed by atoms with E-state index in [1.54, 1.807) is 12.1 Å². The Balaban J connectivity index is 1.80. The van der Waals surface area contributed by atoms with Crippen molar-refractivity contribution in [1.29, 1.82) is 0 Å². The SMILES string of the molecule is NCCCNCCCNCCCCNCCCNC(=O)c1ccc(O)cc1. The first kappa shape index (κ1) is 23.4. The third kappa shape index (κ3) is 13.2. The van der Waals surface area contributed by atoms with Crippen LogP contribution in [0.3, 0.4) is 0 Å². The summed E-state index contributed by atoms with van der Waals surface area (Å²) < 4.78 is 0. The van der Waals surface area contributed by atoms with E-state index in [9.17, 15) is 9.90 Å². The Hall–Kier alpha value is -1.67. The van der Waals surface area contributed by atoms with Crippen LogP contribution in [0.1, 0.15) is 42.5 Å². The molecule has 7 nitrogen and oxygen atoms in total. The second-order valence-electron chi connectivity index (χ2n) is 6.61. The van der Waals surface area contributed by atoms with Gasteiger partial charge in [0.05, 0.1) is 0 Å². The summed E-state index contributed by atoms with van der Waals surface area (Å²) in [6, 6.07) is 6.28. The number of amides is 1. The fraction of sp³-hybridized carbons (Fsp3) is 0.650. The summed E-state index contributed by atoms with van der Waals surface area (Å²) >= 11 is 0. The lowest BCUT2D eigenvalue weighted by molar-refractivity contribution is 0.0953. The number of aromatic hydroxyl groups is 1. The molecule has 0 heterocycles. The molecule has 27 heavy (non-hydrogen) atoms. The van der Waals surface area contributed by atoms with Gasteiger partial charge in [-0.3, -0.25) is 4.79 Å². The monoisotopic (exact) mass is 379 g/mol. The van der Waals surface area contributed by atoms with Crippen molar-refractivity contribution in [3.05, 3.63) is 29.8 Å². The van der Waals surface area contributed by atoms with Crippen molar-refractivity contribution in [2.75, 3.05) is 52.4 Å². The molecule has 0 fully saturated rings. The lowest BCUT2D eigenvalue weighted by Crippen LogP contribution is -2.28. The molecule has 7 N–H and O–H groups in total. The third-order valence-corrected chi connectivity index (χ3v) is 4.17. The lowest BCUT2D eigenvalue weighted by Gasteiger charge is -2.08. The van der Waals surface area contributed by atoms with Crippen molar-refractivity contribution < 1.29 is 9.90 Å². The minimum absolute atomic E-state index is 0.101. The topological polar surface area (TPSA) is 111 Å². The smallest absolute Gasteiger partial charge is 0.251 e. The lowest BCUT2D eigenvalue weighted by atomic mass is 10.2. The summed E-state index contributed by atoms with van der Waals surface area (Å²) in [4.78, 5) is 11.9. The van der Waals surface area contributed by atoms with E-state index in [1.165, 1.54) is 18.6 Å². The highest BCUT2D eigenvalue weighted by atomic mass is 16.3. The Morgan fingerprint density at radius 2 is 1.22 bits per heavy atom. The van der Waals surface area contributed by atoms with Gasteiger partial charge in [0.2, 0.25) is 0 Å². The minimum Gasteiger partial charge on any atom is -0.508 e. The first-order chi connectivity index (χ1) is 13.2. The zero-order valence-electron chi connectivity index (χ0n) is 16.4. The molecular formula is C20H37N5O2. The van der Waals surface area contributed by atoms with Crippen LogP contribution in [0, 0.1) is 0 Å². The number of phenolic OH excluding ortho intramolecular Hbond substituents is 1. The van der Waals surface area contributed by atoms with E-state index in [0.717, 1.165) is 71.5 Å². The molecule has 1 amide bonds. The Labute approximate surface area is 163 Å². The van der Waals surface area contributed by atoms with Crippen LogP contribution < -0.4 is 27.0 Å². The molecule has 0 atom stereocenters. The van der Waals surface area contributed by atoms with Crippen LogP contribution in [0.25, 0.3) is 0 Å². The largest absolute Gasteiger partial charge is 0.508 e. The third-order valence-electron chi connectivity index (χ3n) is 4.17. The van der Waals surface area contributed by atoms with Crippen molar-refractivity contribution in [2.45, 2.75) is 32.1 Å². The molecule has 1 aromatic carbocycles. The number of carbonyl (C=O) groups excluding carboxylic acids is 1. The molecule has 0 saturated carbocycles. The molecule has 1 rings (SSSR count). The maximum Gasteiger partial charge on any atom is 0.251 e. The van der Waals surface area contributed by atoms with Gasteiger partial charge in [0, 0.05) is 12.1 Å². The fourth-order valence-electron chi connectivity index (χ4n) is 2.57. The zero-order valence-corrected chi connectivity index (χ0v) is 16.4. The number of rotatable bonds is 17. The van der Waals surface area contributed by atoms with Gasteiger partial charge in [-0.05, 0) is 102 Å². The number of unbranched alkanes of at least 4 members (excludes halogenated alkanes) is 1. The van der Waals surface area contributed by atoms with Crippen LogP contribution in [0.4, 0.5) is 0 Å². The second-order valence-corrected chi connectivity index (χ2v) is 6.61. The average molecular weight is 380 g/mol. The minimum atomic E-state index is -0.101. The standard InChI is InChI=1S/C20H37N5O2/c21-10-3-13-24-15-4-14-22-11-1-2-12-23-16-5-17-25-20(27)18-6-8-19(26)9-7-18/h6-9,22-24,26H,1-5,10-17,21H2,(H,25,27). The van der Waals surface area contributed by atoms with Crippen LogP contribution in [0.2, 0.25) is 0 Å². The molecule has 0 aliphatic rings. The van der Waals surface area contributed by atoms with Crippen molar-refractivity contribution in [3.8, 4) is 5.75 Å². The van der Waals surface area contributed by atoms with Gasteiger partial charge in [-0.2, -0.15) is 0 Å². The predicted octanol–water partition coefficient (Wildman–Crippen LogP) is 0.800. The highest BCUT2D eigenvalue weighted by Crippen LogP contribution is 2.09. The van der Waals surface area contributed by atoms with E-state index >= 15 is 0 Å². The molecule has 0 spiro atoms. The first-order valence-corrected chi connectivity index (χ1v) is 10.1. The Kier molecular flexibility index (Phi) is 14.3. The summed E-state index contributed by atoms with van der Waals surface area (Å²) in [5, 5.41) is 22.3. The van der Waals surface area contributed by atoms with Crippen molar-refractivity contribution in [3.63, 3.8) is 0 Å². The highest BCUT2D eigenvalue weighted by Gasteiger charge is 2.03. The average Bonchev–Trinajstić information content (AvgIpc) is 2.68. The zero-order chi connectivity index (χ0) is 19.6. The molecule has 154 valence electrons. The molecule has 0 aromatic heterocycles. The van der Waals surface area contributed by atoms with Gasteiger partial charge in [0.15, 0.2) is 0 Å². The first-order valence-electron chi connectivity index (χ1n) is 10.1. The molecule has 1 aromatic rings. The van der Waals surface area contributed by atoms with Crippen LogP contribution in [0.15, 0.2) is 24.3 Å². The molecular weight excluding hydrogens is 342 g/mol. The van der Waals surface area contributed by atoms with E-state index in [4.69, 9.17) is 5.73 Å². The van der Waals surface area contributed by atoms with Crippen molar-refractivity contribution >= 4 is 5.91 Å². The predicted molar refractivity (Wildman–Crippen MR) is 111 cm³/mol. The van der Waals surface area contributed by atoms with Gasteiger partial charge in [-0.1, -0.05) is 0 Å². The summed E-state index contributed by atoms with van der Waals surface area (Å²) in [5.74, 6) is 0.0666. The van der Waals surface area contributed by atoms with Crippen LogP contribution in [0.5, 0.6) is 5.75 Å². The van der Waals surface area contributed by atoms with Crippen LogP contribution in [-0.4, -0.2) is 63.4 Å². The van der Waals surface area contributed by atoms with Crippen molar-refractivity contribution in [2.24, 2.45) is 5.73 Å². The number of nitrogens with two attached hydrogens (primary N) is 1. The Morgan fingerprint density at radius 3 is 1.78 bits per heavy atom. The molecule has 0 radical (unpaired) electrons. The number of benzene rings is 1. The summed E-state index contributed by atoms with van der Waals surface area (Å²) in [6.07, 6.45) is 5.43. The van der Waals surface area contributed by atoms with E-state index < -0.39 is 0 Å². The Bertz CT molecular complexity index is 482. The van der Waals surface area contributed by atoms with Gasteiger partial charge in [-0.25, -0.2) is 0 Å². The molecule has 0 bridgehead atoms. The number of phenols is 1. The molecule has 0 aliphatic heterocycles. The number of carbonyl (C=O) groups is 1. The quantitative estimate of drug-likeness (QED) is 0.223. The van der Waals surface area contributed by atoms with E-state index in [-0.39, 0.29) is 11.7 Å². The molecule has 7 heteroatoms. The maximum atomic E-state index is 11.9. The highest BCUT2D eigenvalue weighted by molar-refractivity contribution is 5.94. The van der Waals surface area contributed by atoms with Gasteiger partial charge in [-0.15, -0.1) is 0 Å². The number of nitrogens with one attached hydrogen (secondary N) is 4. The molecule has 0 unspecified atom stereocenters. The van der Waals surface area contributed by atoms with Crippen molar-refractivity contribution in [1.82, 2.24) is 21.3 Å². The van der Waals surface area contributed by atoms with Gasteiger partial charge >= 0.3 is 0 Å². The molecule has 0 saturated heterocycles. The van der Waals surface area contributed by atoms with Gasteiger partial charge in [0.25, 0.3) is 5.91 Å². The summed E-state index contributed by atoms with van der Waals surface area (Å²) in [7, 11) is 0. The number of hydrogen-bond acceptors (Lipinski definition) is 6. The molecule has 0 aliphatic carbocycles. The van der Waals surface area contributed by atoms with Gasteiger partial charge < -0.3 is 32.1 Å². The Morgan fingerprint density at radius 1 is 0.741 bits per heavy atom. The fourth-order valence-corrected chi connectivity index (χ4v) is 2.57. The maximum absolute atomic E-state index is 11.9. The number of hydrogen-bond donors (Lipinski definition) is 6. The van der Waals surface area contributed by atoms with E-state index in [2.05, 4.69) is 21.3 Å². The van der Waals surface area contributed by atoms with Gasteiger partial charge in [0.1, 0.15) is 5.75 Å². The van der Waals surface area contributed by atoms with Crippen LogP contribution >= 0.6 is 0 Å². The van der Waals surface area contributed by atoms with Crippen LogP contribution in [-0.2, 0) is 0 Å². The van der Waals surface area contributed by atoms with E-state index in [0.29, 0.717) is 12.1 Å².